The Balaban J connectivity index is 0.00000288. The first-order valence-electron chi connectivity index (χ1n) is 7.54. The molecule has 0 bridgehead atoms. The van der Waals surface area contributed by atoms with E-state index in [2.05, 4.69) is 4.72 Å². The summed E-state index contributed by atoms with van der Waals surface area (Å²) < 4.78 is 50.0. The molecule has 24 heavy (non-hydrogen) atoms. The molecule has 0 heterocycles. The molecule has 0 saturated heterocycles. The van der Waals surface area contributed by atoms with E-state index in [0.717, 1.165) is 44.6 Å². The van der Waals surface area contributed by atoms with E-state index in [1.807, 2.05) is 0 Å². The Morgan fingerprint density at radius 1 is 1.00 bits per heavy atom. The number of hydrogen-bond acceptors (Lipinski definition) is 5. The third-order valence-electron chi connectivity index (χ3n) is 4.16. The Morgan fingerprint density at radius 2 is 1.54 bits per heavy atom. The van der Waals surface area contributed by atoms with Gasteiger partial charge in [-0.2, -0.15) is 0 Å². The highest BCUT2D eigenvalue weighted by atomic mass is 35.5. The van der Waals surface area contributed by atoms with Crippen LogP contribution in [0.5, 0.6) is 0 Å². The van der Waals surface area contributed by atoms with Crippen molar-refractivity contribution in [1.82, 2.24) is 4.72 Å². The van der Waals surface area contributed by atoms with Crippen LogP contribution in [-0.2, 0) is 20.0 Å². The molecule has 2 rings (SSSR count). The molecule has 5 N–H and O–H groups in total. The quantitative estimate of drug-likeness (QED) is 0.639. The smallest absolute Gasteiger partial charge is 0.240 e. The van der Waals surface area contributed by atoms with Crippen LogP contribution in [0.3, 0.4) is 0 Å². The van der Waals surface area contributed by atoms with Gasteiger partial charge in [0.15, 0.2) is 0 Å². The second-order valence-corrected chi connectivity index (χ2v) is 9.45. The summed E-state index contributed by atoms with van der Waals surface area (Å²) in [7, 11) is -7.80. The Morgan fingerprint density at radius 3 is 2.08 bits per heavy atom. The van der Waals surface area contributed by atoms with E-state index in [-0.39, 0.29) is 28.7 Å². The summed E-state index contributed by atoms with van der Waals surface area (Å²) >= 11 is 0. The van der Waals surface area contributed by atoms with Crippen molar-refractivity contribution in [3.63, 3.8) is 0 Å². The third-order valence-corrected chi connectivity index (χ3v) is 6.47. The zero-order valence-electron chi connectivity index (χ0n) is 13.3. The molecule has 1 aliphatic carbocycles. The summed E-state index contributed by atoms with van der Waals surface area (Å²) in [5.74, 6) is 0. The van der Waals surface area contributed by atoms with Crippen LogP contribution in [-0.4, -0.2) is 28.9 Å². The minimum Gasteiger partial charge on any atom is -0.324 e. The normalized spacial score (nSPS) is 18.4. The average molecular weight is 398 g/mol. The molecule has 0 radical (unpaired) electrons. The summed E-state index contributed by atoms with van der Waals surface area (Å²) in [5, 5.41) is 5.04. The first-order valence-corrected chi connectivity index (χ1v) is 10.6. The van der Waals surface area contributed by atoms with E-state index in [1.54, 1.807) is 0 Å². The van der Waals surface area contributed by atoms with E-state index < -0.39 is 25.6 Å². The topological polar surface area (TPSA) is 132 Å². The van der Waals surface area contributed by atoms with Gasteiger partial charge < -0.3 is 5.73 Å². The lowest BCUT2D eigenvalue weighted by Gasteiger charge is -2.28. The van der Waals surface area contributed by atoms with Gasteiger partial charge in [0.25, 0.3) is 0 Å². The number of hydrogen-bond donors (Lipinski definition) is 3. The monoisotopic (exact) mass is 397 g/mol. The van der Waals surface area contributed by atoms with Gasteiger partial charge in [-0.15, -0.1) is 12.4 Å². The van der Waals surface area contributed by atoms with Crippen LogP contribution in [0.15, 0.2) is 34.1 Å². The molecule has 1 fully saturated rings. The number of nitrogens with one attached hydrogen (secondary N) is 1. The van der Waals surface area contributed by atoms with Gasteiger partial charge >= 0.3 is 0 Å². The van der Waals surface area contributed by atoms with Gasteiger partial charge in [-0.05, 0) is 31.0 Å². The summed E-state index contributed by atoms with van der Waals surface area (Å²) in [5.41, 5.74) is 5.75. The zero-order valence-corrected chi connectivity index (χ0v) is 15.7. The maximum atomic E-state index is 12.4. The summed E-state index contributed by atoms with van der Waals surface area (Å²) in [6.07, 6.45) is 5.74. The van der Waals surface area contributed by atoms with E-state index in [9.17, 15) is 16.8 Å². The SMILES string of the molecule is Cl.NC1(CNS(=O)(=O)c2cccc(S(N)(=O)=O)c2)CCCCCC1. The molecule has 0 atom stereocenters. The van der Waals surface area contributed by atoms with Gasteiger partial charge in [0, 0.05) is 12.1 Å². The highest BCUT2D eigenvalue weighted by Crippen LogP contribution is 2.25. The van der Waals surface area contributed by atoms with Gasteiger partial charge in [-0.1, -0.05) is 31.7 Å². The fraction of sp³-hybridized carbons (Fsp3) is 0.571. The van der Waals surface area contributed by atoms with Gasteiger partial charge in [0.2, 0.25) is 20.0 Å². The fourth-order valence-electron chi connectivity index (χ4n) is 2.75. The number of rotatable bonds is 5. The molecule has 0 aliphatic heterocycles. The molecule has 1 aromatic carbocycles. The van der Waals surface area contributed by atoms with E-state index in [1.165, 1.54) is 18.2 Å². The lowest BCUT2D eigenvalue weighted by molar-refractivity contribution is 0.369. The highest BCUT2D eigenvalue weighted by molar-refractivity contribution is 7.90. The molecule has 0 amide bonds. The van der Waals surface area contributed by atoms with Crippen molar-refractivity contribution >= 4 is 32.5 Å². The van der Waals surface area contributed by atoms with Crippen molar-refractivity contribution in [1.29, 1.82) is 0 Å². The fourth-order valence-corrected chi connectivity index (χ4v) is 4.57. The van der Waals surface area contributed by atoms with Crippen molar-refractivity contribution in [3.05, 3.63) is 24.3 Å². The molecule has 1 saturated carbocycles. The number of benzene rings is 1. The lowest BCUT2D eigenvalue weighted by atomic mass is 9.92. The van der Waals surface area contributed by atoms with Crippen molar-refractivity contribution in [2.75, 3.05) is 6.54 Å². The molecular formula is C14H24ClN3O4S2. The van der Waals surface area contributed by atoms with Crippen LogP contribution in [0.25, 0.3) is 0 Å². The van der Waals surface area contributed by atoms with Gasteiger partial charge in [-0.3, -0.25) is 0 Å². The number of sulfonamides is 2. The standard InChI is InChI=1S/C14H23N3O4S2.ClH/c15-14(8-3-1-2-4-9-14)11-17-23(20,21)13-7-5-6-12(10-13)22(16,18)19;/h5-7,10,17H,1-4,8-9,11,15H2,(H2,16,18,19);1H. The number of halogens is 1. The summed E-state index contributed by atoms with van der Waals surface area (Å²) in [6.45, 7) is 0.134. The Bertz CT molecular complexity index is 758. The predicted molar refractivity (Wildman–Crippen MR) is 94.9 cm³/mol. The second-order valence-electron chi connectivity index (χ2n) is 6.12. The lowest BCUT2D eigenvalue weighted by Crippen LogP contribution is -2.49. The largest absolute Gasteiger partial charge is 0.324 e. The molecule has 10 heteroatoms. The van der Waals surface area contributed by atoms with Crippen LogP contribution >= 0.6 is 12.4 Å². The van der Waals surface area contributed by atoms with E-state index in [0.29, 0.717) is 0 Å². The van der Waals surface area contributed by atoms with Crippen LogP contribution in [0.1, 0.15) is 38.5 Å². The van der Waals surface area contributed by atoms with Crippen molar-refractivity contribution in [3.8, 4) is 0 Å². The molecule has 0 spiro atoms. The van der Waals surface area contributed by atoms with Gasteiger partial charge in [0.05, 0.1) is 9.79 Å². The predicted octanol–water partition coefficient (Wildman–Crippen LogP) is 1.09. The van der Waals surface area contributed by atoms with Crippen molar-refractivity contribution < 1.29 is 16.8 Å². The highest BCUT2D eigenvalue weighted by Gasteiger charge is 2.28. The van der Waals surface area contributed by atoms with Crippen molar-refractivity contribution in [2.45, 2.75) is 53.9 Å². The zero-order chi connectivity index (χ0) is 17.1. The number of primary sulfonamides is 1. The van der Waals surface area contributed by atoms with E-state index in [4.69, 9.17) is 10.9 Å². The molecule has 0 unspecified atom stereocenters. The van der Waals surface area contributed by atoms with Crippen LogP contribution in [0.2, 0.25) is 0 Å². The summed E-state index contributed by atoms with van der Waals surface area (Å²) in [6, 6.07) is 4.98. The van der Waals surface area contributed by atoms with Crippen LogP contribution < -0.4 is 15.6 Å². The van der Waals surface area contributed by atoms with Crippen molar-refractivity contribution in [2.24, 2.45) is 10.9 Å². The number of nitrogens with two attached hydrogens (primary N) is 2. The Labute approximate surface area is 149 Å². The molecule has 0 aromatic heterocycles. The van der Waals surface area contributed by atoms with Gasteiger partial charge in [0.1, 0.15) is 0 Å². The summed E-state index contributed by atoms with van der Waals surface area (Å²) in [4.78, 5) is -0.376. The first-order chi connectivity index (χ1) is 10.6. The van der Waals surface area contributed by atoms with Gasteiger partial charge in [-0.25, -0.2) is 26.7 Å². The third kappa shape index (κ3) is 5.68. The van der Waals surface area contributed by atoms with E-state index >= 15 is 0 Å². The Hall–Kier alpha value is -0.710. The first kappa shape index (κ1) is 21.3. The minimum atomic E-state index is -3.95. The maximum Gasteiger partial charge on any atom is 0.240 e. The molecular weight excluding hydrogens is 374 g/mol. The molecule has 138 valence electrons. The Kier molecular flexibility index (Phi) is 7.21. The molecule has 1 aromatic rings. The minimum absolute atomic E-state index is 0. The molecule has 7 nitrogen and oxygen atoms in total. The maximum absolute atomic E-state index is 12.4. The van der Waals surface area contributed by atoms with Crippen LogP contribution in [0.4, 0.5) is 0 Å². The average Bonchev–Trinajstić information content (AvgIpc) is 2.70. The second kappa shape index (κ2) is 8.11. The molecule has 1 aliphatic rings. The van der Waals surface area contributed by atoms with Crippen LogP contribution in [0, 0.1) is 0 Å².